The number of rotatable bonds is 4. The predicted molar refractivity (Wildman–Crippen MR) is 98.7 cm³/mol. The Labute approximate surface area is 153 Å². The van der Waals surface area contributed by atoms with Crippen molar-refractivity contribution in [2.45, 2.75) is 24.8 Å². The summed E-state index contributed by atoms with van der Waals surface area (Å²) in [6, 6.07) is 13.9. The number of aliphatic carboxylic acids is 1. The third kappa shape index (κ3) is 3.65. The lowest BCUT2D eigenvalue weighted by atomic mass is 9.81. The summed E-state index contributed by atoms with van der Waals surface area (Å²) in [4.78, 5) is 13.7. The van der Waals surface area contributed by atoms with Crippen LogP contribution in [0.4, 0.5) is 0 Å². The van der Waals surface area contributed by atoms with Gasteiger partial charge in [-0.25, -0.2) is 0 Å². The first kappa shape index (κ1) is 17.8. The summed E-state index contributed by atoms with van der Waals surface area (Å²) in [7, 11) is 3.59. The highest BCUT2D eigenvalue weighted by Gasteiger charge is 2.34. The van der Waals surface area contributed by atoms with Crippen molar-refractivity contribution in [1.29, 1.82) is 0 Å². The van der Waals surface area contributed by atoms with E-state index in [1.165, 1.54) is 0 Å². The molecule has 0 amide bonds. The van der Waals surface area contributed by atoms with Gasteiger partial charge in [0.1, 0.15) is 5.75 Å². The fourth-order valence-corrected chi connectivity index (χ4v) is 3.98. The first-order chi connectivity index (χ1) is 12.0. The van der Waals surface area contributed by atoms with Crippen molar-refractivity contribution in [2.24, 2.45) is 0 Å². The Morgan fingerprint density at radius 2 is 2.04 bits per heavy atom. The number of halogens is 1. The van der Waals surface area contributed by atoms with Crippen molar-refractivity contribution >= 4 is 17.6 Å². The van der Waals surface area contributed by atoms with E-state index in [1.54, 1.807) is 7.11 Å². The highest BCUT2D eigenvalue weighted by Crippen LogP contribution is 2.40. The Morgan fingerprint density at radius 3 is 2.68 bits per heavy atom. The zero-order chi connectivity index (χ0) is 18.0. The van der Waals surface area contributed by atoms with Gasteiger partial charge in [0, 0.05) is 18.5 Å². The van der Waals surface area contributed by atoms with Crippen LogP contribution in [0, 0.1) is 0 Å². The minimum atomic E-state index is -0.790. The van der Waals surface area contributed by atoms with Crippen molar-refractivity contribution in [1.82, 2.24) is 4.90 Å². The number of methoxy groups -OCH3 is 1. The molecule has 0 aromatic heterocycles. The monoisotopic (exact) mass is 359 g/mol. The molecule has 0 bridgehead atoms. The number of benzene rings is 2. The molecule has 3 rings (SSSR count). The third-order valence-corrected chi connectivity index (χ3v) is 5.27. The molecule has 1 aliphatic heterocycles. The van der Waals surface area contributed by atoms with Crippen LogP contribution in [0.15, 0.2) is 42.5 Å². The first-order valence-corrected chi connectivity index (χ1v) is 8.72. The van der Waals surface area contributed by atoms with Crippen LogP contribution in [-0.2, 0) is 11.2 Å². The van der Waals surface area contributed by atoms with Crippen molar-refractivity contribution in [2.75, 3.05) is 20.7 Å². The summed E-state index contributed by atoms with van der Waals surface area (Å²) in [6.45, 7) is 0.789. The highest BCUT2D eigenvalue weighted by atomic mass is 35.5. The molecule has 25 heavy (non-hydrogen) atoms. The molecule has 0 radical (unpaired) electrons. The summed E-state index contributed by atoms with van der Waals surface area (Å²) in [5.41, 5.74) is 3.36. The van der Waals surface area contributed by atoms with Gasteiger partial charge in [-0.2, -0.15) is 0 Å². The lowest BCUT2D eigenvalue weighted by molar-refractivity contribution is -0.138. The summed E-state index contributed by atoms with van der Waals surface area (Å²) in [6.07, 6.45) is 0.912. The van der Waals surface area contributed by atoms with Crippen molar-refractivity contribution in [3.63, 3.8) is 0 Å². The topological polar surface area (TPSA) is 49.8 Å². The van der Waals surface area contributed by atoms with E-state index in [0.717, 1.165) is 29.7 Å². The number of hydrogen-bond donors (Lipinski definition) is 1. The van der Waals surface area contributed by atoms with E-state index in [0.29, 0.717) is 10.8 Å². The van der Waals surface area contributed by atoms with Crippen LogP contribution >= 0.6 is 11.6 Å². The summed E-state index contributed by atoms with van der Waals surface area (Å²) < 4.78 is 5.42. The number of likely N-dealkylation sites (N-methyl/N-ethyl adjacent to an activating group) is 1. The largest absolute Gasteiger partial charge is 0.495 e. The molecule has 0 aliphatic carbocycles. The number of ether oxygens (including phenoxy) is 1. The quantitative estimate of drug-likeness (QED) is 0.901. The molecule has 4 nitrogen and oxygen atoms in total. The highest BCUT2D eigenvalue weighted by molar-refractivity contribution is 6.32. The number of carbonyl (C=O) groups is 1. The maximum atomic E-state index is 11.5. The molecule has 0 unspecified atom stereocenters. The van der Waals surface area contributed by atoms with Crippen molar-refractivity contribution in [3.05, 3.63) is 64.2 Å². The fourth-order valence-electron chi connectivity index (χ4n) is 3.71. The molecule has 2 aromatic rings. The van der Waals surface area contributed by atoms with Crippen LogP contribution in [0.5, 0.6) is 5.75 Å². The number of carboxylic acids is 1. The average Bonchev–Trinajstić information content (AvgIpc) is 2.72. The molecule has 0 spiro atoms. The van der Waals surface area contributed by atoms with Crippen LogP contribution in [0.3, 0.4) is 0 Å². The second kappa shape index (κ2) is 7.46. The van der Waals surface area contributed by atoms with Gasteiger partial charge < -0.3 is 14.7 Å². The molecule has 0 saturated carbocycles. The maximum Gasteiger partial charge on any atom is 0.304 e. The Balaban J connectivity index is 2.19. The number of nitrogens with zero attached hydrogens (tertiary/aromatic N) is 1. The van der Waals surface area contributed by atoms with Gasteiger partial charge in [0.05, 0.1) is 18.6 Å². The van der Waals surface area contributed by atoms with Gasteiger partial charge in [-0.1, -0.05) is 41.9 Å². The zero-order valence-electron chi connectivity index (χ0n) is 14.4. The van der Waals surface area contributed by atoms with Gasteiger partial charge in [0.2, 0.25) is 0 Å². The van der Waals surface area contributed by atoms with E-state index >= 15 is 0 Å². The molecule has 132 valence electrons. The average molecular weight is 360 g/mol. The van der Waals surface area contributed by atoms with E-state index in [9.17, 15) is 9.90 Å². The third-order valence-electron chi connectivity index (χ3n) is 4.98. The van der Waals surface area contributed by atoms with Gasteiger partial charge in [0.15, 0.2) is 0 Å². The second-order valence-corrected chi connectivity index (χ2v) is 6.88. The number of hydrogen-bond acceptors (Lipinski definition) is 3. The SMILES string of the molecule is COc1cc2c(cc1Cl)CCN(C)[C@@H](CC(=O)O)[C@@H]2c1ccccc1. The number of fused-ring (bicyclic) bond motifs is 1. The molecule has 1 aliphatic rings. The molecule has 1 N–H and O–H groups in total. The lowest BCUT2D eigenvalue weighted by Crippen LogP contribution is -2.38. The molecule has 1 heterocycles. The van der Waals surface area contributed by atoms with E-state index in [2.05, 4.69) is 17.0 Å². The molecule has 2 aromatic carbocycles. The minimum absolute atomic E-state index is 0.0500. The smallest absolute Gasteiger partial charge is 0.304 e. The second-order valence-electron chi connectivity index (χ2n) is 6.47. The first-order valence-electron chi connectivity index (χ1n) is 8.34. The Hall–Kier alpha value is -2.04. The molecular weight excluding hydrogens is 338 g/mol. The van der Waals surface area contributed by atoms with Gasteiger partial charge >= 0.3 is 5.97 Å². The molecular formula is C20H22ClNO3. The van der Waals surface area contributed by atoms with Crippen molar-refractivity contribution < 1.29 is 14.6 Å². The fraction of sp³-hybridized carbons (Fsp3) is 0.350. The van der Waals surface area contributed by atoms with E-state index in [4.69, 9.17) is 16.3 Å². The van der Waals surface area contributed by atoms with Gasteiger partial charge in [0.25, 0.3) is 0 Å². The van der Waals surface area contributed by atoms with Crippen LogP contribution in [-0.4, -0.2) is 42.7 Å². The normalized spacial score (nSPS) is 20.6. The van der Waals surface area contributed by atoms with Crippen LogP contribution in [0.1, 0.15) is 29.0 Å². The summed E-state index contributed by atoms with van der Waals surface area (Å²) >= 11 is 6.33. The van der Waals surface area contributed by atoms with Crippen LogP contribution < -0.4 is 4.74 Å². The van der Waals surface area contributed by atoms with Gasteiger partial charge in [-0.05, 0) is 42.3 Å². The summed E-state index contributed by atoms with van der Waals surface area (Å²) in [5.74, 6) is -0.215. The maximum absolute atomic E-state index is 11.5. The number of carboxylic acid groups (broad SMARTS) is 1. The minimum Gasteiger partial charge on any atom is -0.495 e. The lowest BCUT2D eigenvalue weighted by Gasteiger charge is -2.32. The molecule has 0 saturated heterocycles. The standard InChI is InChI=1S/C20H22ClNO3/c1-22-9-8-14-10-16(21)18(25-2)11-15(14)20(17(22)12-19(23)24)13-6-4-3-5-7-13/h3-7,10-11,17,20H,8-9,12H2,1-2H3,(H,23,24)/t17-,20+/m0/s1. The van der Waals surface area contributed by atoms with Gasteiger partial charge in [-0.3, -0.25) is 4.79 Å². The van der Waals surface area contributed by atoms with E-state index in [1.807, 2.05) is 37.4 Å². The van der Waals surface area contributed by atoms with Gasteiger partial charge in [-0.15, -0.1) is 0 Å². The Morgan fingerprint density at radius 1 is 1.32 bits per heavy atom. The Kier molecular flexibility index (Phi) is 5.30. The molecule has 2 atom stereocenters. The van der Waals surface area contributed by atoms with E-state index in [-0.39, 0.29) is 18.4 Å². The van der Waals surface area contributed by atoms with Crippen LogP contribution in [0.2, 0.25) is 5.02 Å². The molecule has 0 fully saturated rings. The Bertz CT molecular complexity index is 763. The zero-order valence-corrected chi connectivity index (χ0v) is 15.2. The predicted octanol–water partition coefficient (Wildman–Crippen LogP) is 3.81. The van der Waals surface area contributed by atoms with Crippen LogP contribution in [0.25, 0.3) is 0 Å². The van der Waals surface area contributed by atoms with Crippen molar-refractivity contribution in [3.8, 4) is 5.75 Å². The summed E-state index contributed by atoms with van der Waals surface area (Å²) in [5, 5.41) is 10.1. The van der Waals surface area contributed by atoms with E-state index < -0.39 is 5.97 Å². The molecule has 5 heteroatoms.